The van der Waals surface area contributed by atoms with Crippen molar-refractivity contribution in [2.24, 2.45) is 0 Å². The normalized spacial score (nSPS) is 13.5. The summed E-state index contributed by atoms with van der Waals surface area (Å²) in [7, 11) is 1.62. The molecule has 0 atom stereocenters. The molecular weight excluding hydrogens is 432 g/mol. The lowest BCUT2D eigenvalue weighted by Crippen LogP contribution is -2.36. The van der Waals surface area contributed by atoms with Gasteiger partial charge in [-0.25, -0.2) is 9.78 Å². The summed E-state index contributed by atoms with van der Waals surface area (Å²) >= 11 is 6.31. The van der Waals surface area contributed by atoms with Crippen LogP contribution in [0.25, 0.3) is 0 Å². The number of ether oxygens (including phenoxy) is 2. The first-order valence-electron chi connectivity index (χ1n) is 10.1. The molecule has 1 aliphatic rings. The van der Waals surface area contributed by atoms with Gasteiger partial charge in [0.05, 0.1) is 54.2 Å². The van der Waals surface area contributed by atoms with Crippen molar-refractivity contribution in [1.29, 1.82) is 0 Å². The highest BCUT2D eigenvalue weighted by atomic mass is 35.5. The molecule has 0 bridgehead atoms. The van der Waals surface area contributed by atoms with Gasteiger partial charge in [-0.15, -0.1) is 0 Å². The van der Waals surface area contributed by atoms with E-state index in [-0.39, 0.29) is 5.56 Å². The second-order valence-electron chi connectivity index (χ2n) is 7.13. The molecule has 0 radical (unpaired) electrons. The highest BCUT2D eigenvalue weighted by Crippen LogP contribution is 2.34. The van der Waals surface area contributed by atoms with Gasteiger partial charge in [0.25, 0.3) is 0 Å². The summed E-state index contributed by atoms with van der Waals surface area (Å²) in [6.45, 7) is 3.08. The standard InChI is InChI=1S/C23H23ClN4O4/c1-31-21-12-15(28-8-10-32-11-9-28)6-7-19(21)27-22-13-20(17(24)14-25-22)26-18-5-3-2-4-16(18)23(29)30/h2-7,12-14H,8-11H2,1H3,(H,29,30)(H2,25,26,27). The Balaban J connectivity index is 1.57. The van der Waals surface area contributed by atoms with Crippen LogP contribution >= 0.6 is 11.6 Å². The Labute approximate surface area is 190 Å². The molecule has 32 heavy (non-hydrogen) atoms. The number of rotatable bonds is 7. The summed E-state index contributed by atoms with van der Waals surface area (Å²) in [5, 5.41) is 16.1. The number of nitrogens with one attached hydrogen (secondary N) is 2. The third-order valence-corrected chi connectivity index (χ3v) is 5.41. The molecular formula is C23H23ClN4O4. The Morgan fingerprint density at radius 1 is 1.09 bits per heavy atom. The van der Waals surface area contributed by atoms with Crippen molar-refractivity contribution in [1.82, 2.24) is 4.98 Å². The van der Waals surface area contributed by atoms with E-state index in [0.717, 1.165) is 24.5 Å². The maximum Gasteiger partial charge on any atom is 0.337 e. The maximum absolute atomic E-state index is 11.5. The quantitative estimate of drug-likeness (QED) is 0.470. The van der Waals surface area contributed by atoms with E-state index < -0.39 is 5.97 Å². The van der Waals surface area contributed by atoms with E-state index in [9.17, 15) is 9.90 Å². The zero-order valence-corrected chi connectivity index (χ0v) is 18.2. The topological polar surface area (TPSA) is 96.0 Å². The summed E-state index contributed by atoms with van der Waals surface area (Å²) in [6, 6.07) is 14.3. The number of nitrogens with zero attached hydrogens (tertiary/aromatic N) is 2. The van der Waals surface area contributed by atoms with Crippen LogP contribution in [0.3, 0.4) is 0 Å². The van der Waals surface area contributed by atoms with Crippen molar-refractivity contribution in [3.05, 3.63) is 65.3 Å². The molecule has 3 N–H and O–H groups in total. The molecule has 0 saturated carbocycles. The summed E-state index contributed by atoms with van der Waals surface area (Å²) < 4.78 is 11.0. The third kappa shape index (κ3) is 4.87. The smallest absolute Gasteiger partial charge is 0.337 e. The van der Waals surface area contributed by atoms with Gasteiger partial charge in [0.15, 0.2) is 0 Å². The maximum atomic E-state index is 11.5. The molecule has 3 aromatic rings. The Morgan fingerprint density at radius 3 is 2.62 bits per heavy atom. The Morgan fingerprint density at radius 2 is 1.88 bits per heavy atom. The van der Waals surface area contributed by atoms with Crippen LogP contribution in [-0.2, 0) is 4.74 Å². The highest BCUT2D eigenvalue weighted by Gasteiger charge is 2.15. The van der Waals surface area contributed by atoms with Gasteiger partial charge in [0, 0.05) is 30.9 Å². The minimum atomic E-state index is -1.03. The van der Waals surface area contributed by atoms with Gasteiger partial charge in [-0.1, -0.05) is 23.7 Å². The van der Waals surface area contributed by atoms with Crippen molar-refractivity contribution < 1.29 is 19.4 Å². The number of hydrogen-bond acceptors (Lipinski definition) is 7. The first-order valence-corrected chi connectivity index (χ1v) is 10.5. The molecule has 0 amide bonds. The zero-order chi connectivity index (χ0) is 22.5. The van der Waals surface area contributed by atoms with Gasteiger partial charge in [0.1, 0.15) is 11.6 Å². The molecule has 0 aliphatic carbocycles. The predicted molar refractivity (Wildman–Crippen MR) is 125 cm³/mol. The molecule has 2 heterocycles. The largest absolute Gasteiger partial charge is 0.494 e. The number of para-hydroxylation sites is 1. The average molecular weight is 455 g/mol. The predicted octanol–water partition coefficient (Wildman–Crippen LogP) is 4.77. The van der Waals surface area contributed by atoms with Gasteiger partial charge in [-0.05, 0) is 24.3 Å². The minimum Gasteiger partial charge on any atom is -0.494 e. The number of carboxylic acid groups (broad SMARTS) is 1. The second-order valence-corrected chi connectivity index (χ2v) is 7.54. The van der Waals surface area contributed by atoms with Gasteiger partial charge in [-0.2, -0.15) is 0 Å². The van der Waals surface area contributed by atoms with Gasteiger partial charge in [-0.3, -0.25) is 0 Å². The number of pyridine rings is 1. The third-order valence-electron chi connectivity index (χ3n) is 5.11. The van der Waals surface area contributed by atoms with E-state index in [4.69, 9.17) is 21.1 Å². The van der Waals surface area contributed by atoms with E-state index >= 15 is 0 Å². The van der Waals surface area contributed by atoms with E-state index in [1.807, 2.05) is 18.2 Å². The van der Waals surface area contributed by atoms with Gasteiger partial charge >= 0.3 is 5.97 Å². The van der Waals surface area contributed by atoms with Crippen molar-refractivity contribution >= 4 is 46.1 Å². The number of aromatic nitrogens is 1. The van der Waals surface area contributed by atoms with Crippen LogP contribution in [0.4, 0.5) is 28.6 Å². The fourth-order valence-corrected chi connectivity index (χ4v) is 3.62. The molecule has 1 fully saturated rings. The van der Waals surface area contributed by atoms with Crippen LogP contribution in [0.5, 0.6) is 5.75 Å². The first-order chi connectivity index (χ1) is 15.5. The molecule has 9 heteroatoms. The van der Waals surface area contributed by atoms with Gasteiger partial charge < -0.3 is 30.1 Å². The number of anilines is 5. The summed E-state index contributed by atoms with van der Waals surface area (Å²) in [5.41, 5.74) is 2.92. The van der Waals surface area contributed by atoms with Crippen LogP contribution in [0, 0.1) is 0 Å². The number of aromatic carboxylic acids is 1. The molecule has 1 aromatic heterocycles. The van der Waals surface area contributed by atoms with Crippen LogP contribution < -0.4 is 20.3 Å². The van der Waals surface area contributed by atoms with Crippen LogP contribution in [0.15, 0.2) is 54.7 Å². The Hall–Kier alpha value is -3.49. The van der Waals surface area contributed by atoms with Crippen LogP contribution in [0.2, 0.25) is 5.02 Å². The van der Waals surface area contributed by atoms with Crippen molar-refractivity contribution in [2.45, 2.75) is 0 Å². The minimum absolute atomic E-state index is 0.148. The van der Waals surface area contributed by atoms with Crippen LogP contribution in [0.1, 0.15) is 10.4 Å². The average Bonchev–Trinajstić information content (AvgIpc) is 2.82. The van der Waals surface area contributed by atoms with E-state index in [2.05, 4.69) is 20.5 Å². The van der Waals surface area contributed by atoms with E-state index in [1.54, 1.807) is 31.4 Å². The summed E-state index contributed by atoms with van der Waals surface area (Å²) in [4.78, 5) is 18.1. The molecule has 1 aliphatic heterocycles. The molecule has 0 unspecified atom stereocenters. The lowest BCUT2D eigenvalue weighted by molar-refractivity contribution is 0.0698. The summed E-state index contributed by atoms with van der Waals surface area (Å²) in [6.07, 6.45) is 1.50. The molecule has 0 spiro atoms. The number of benzene rings is 2. The zero-order valence-electron chi connectivity index (χ0n) is 17.5. The molecule has 4 rings (SSSR count). The Kier molecular flexibility index (Phi) is 6.63. The lowest BCUT2D eigenvalue weighted by Gasteiger charge is -2.29. The van der Waals surface area contributed by atoms with Crippen molar-refractivity contribution in [3.63, 3.8) is 0 Å². The van der Waals surface area contributed by atoms with Crippen molar-refractivity contribution in [2.75, 3.05) is 48.9 Å². The first kappa shape index (κ1) is 21.7. The number of morpholine rings is 1. The molecule has 166 valence electrons. The van der Waals surface area contributed by atoms with E-state index in [1.165, 1.54) is 12.3 Å². The van der Waals surface area contributed by atoms with Crippen molar-refractivity contribution in [3.8, 4) is 5.75 Å². The Bertz CT molecular complexity index is 1120. The number of hydrogen-bond donors (Lipinski definition) is 3. The monoisotopic (exact) mass is 454 g/mol. The van der Waals surface area contributed by atoms with Crippen LogP contribution in [-0.4, -0.2) is 49.5 Å². The highest BCUT2D eigenvalue weighted by molar-refractivity contribution is 6.33. The SMILES string of the molecule is COc1cc(N2CCOCC2)ccc1Nc1cc(Nc2ccccc2C(=O)O)c(Cl)cn1. The number of carbonyl (C=O) groups is 1. The fraction of sp³-hybridized carbons (Fsp3) is 0.217. The lowest BCUT2D eigenvalue weighted by atomic mass is 10.1. The molecule has 2 aromatic carbocycles. The fourth-order valence-electron chi connectivity index (χ4n) is 3.47. The molecule has 1 saturated heterocycles. The van der Waals surface area contributed by atoms with Gasteiger partial charge in [0.2, 0.25) is 0 Å². The van der Waals surface area contributed by atoms with E-state index in [0.29, 0.717) is 41.2 Å². The second kappa shape index (κ2) is 9.76. The number of halogens is 1. The number of methoxy groups -OCH3 is 1. The number of carboxylic acids is 1. The summed E-state index contributed by atoms with van der Waals surface area (Å²) in [5.74, 6) is 0.181. The molecule has 8 nitrogen and oxygen atoms in total.